The third kappa shape index (κ3) is 4.27. The fourth-order valence-electron chi connectivity index (χ4n) is 3.32. The van der Waals surface area contributed by atoms with Crippen LogP contribution >= 0.6 is 0 Å². The lowest BCUT2D eigenvalue weighted by atomic mass is 9.98. The molecule has 1 aliphatic heterocycles. The summed E-state index contributed by atoms with van der Waals surface area (Å²) in [6, 6.07) is 9.63. The number of hydrogen-bond donors (Lipinski definition) is 1. The summed E-state index contributed by atoms with van der Waals surface area (Å²) in [7, 11) is 0. The highest BCUT2D eigenvalue weighted by Gasteiger charge is 2.19. The Morgan fingerprint density at radius 2 is 1.93 bits per heavy atom. The number of benzene rings is 1. The molecular weight excluding hydrogens is 340 g/mol. The van der Waals surface area contributed by atoms with E-state index in [0.717, 1.165) is 29.0 Å². The molecule has 0 radical (unpaired) electrons. The summed E-state index contributed by atoms with van der Waals surface area (Å²) in [4.78, 5) is 32.0. The van der Waals surface area contributed by atoms with Crippen LogP contribution in [0.4, 0.5) is 11.5 Å². The molecule has 6 heteroatoms. The molecule has 1 N–H and O–H groups in total. The summed E-state index contributed by atoms with van der Waals surface area (Å²) < 4.78 is 0. The van der Waals surface area contributed by atoms with Crippen molar-refractivity contribution in [3.63, 3.8) is 0 Å². The van der Waals surface area contributed by atoms with Gasteiger partial charge in [-0.1, -0.05) is 32.0 Å². The van der Waals surface area contributed by atoms with Gasteiger partial charge < -0.3 is 15.1 Å². The molecule has 1 fully saturated rings. The van der Waals surface area contributed by atoms with Crippen LogP contribution in [0.1, 0.15) is 41.3 Å². The van der Waals surface area contributed by atoms with Crippen molar-refractivity contribution in [2.45, 2.75) is 26.7 Å². The predicted octanol–water partition coefficient (Wildman–Crippen LogP) is 3.04. The number of pyridine rings is 1. The molecule has 0 saturated carbocycles. The third-order valence-electron chi connectivity index (χ3n) is 4.96. The first-order valence-corrected chi connectivity index (χ1v) is 9.31. The molecule has 0 spiro atoms. The van der Waals surface area contributed by atoms with E-state index in [2.05, 4.69) is 35.1 Å². The minimum absolute atomic E-state index is 0.138. The van der Waals surface area contributed by atoms with Crippen LogP contribution in [0.3, 0.4) is 0 Å². The van der Waals surface area contributed by atoms with Crippen LogP contribution in [-0.4, -0.2) is 48.4 Å². The lowest BCUT2D eigenvalue weighted by Gasteiger charge is -2.33. The smallest absolute Gasteiger partial charge is 0.255 e. The van der Waals surface area contributed by atoms with E-state index in [9.17, 15) is 9.59 Å². The van der Waals surface area contributed by atoms with Crippen molar-refractivity contribution in [2.75, 3.05) is 36.4 Å². The average molecular weight is 366 g/mol. The highest BCUT2D eigenvalue weighted by Crippen LogP contribution is 2.28. The standard InChI is InChI=1S/C21H26N4O2/c1-15(2)18-6-4-5-16(3)20(18)23-21(27)17-7-8-22-19(13-17)25-11-9-24(14-26)10-12-25/h4-8,13-15H,9-12H2,1-3H3,(H,23,27). The Morgan fingerprint density at radius 1 is 1.19 bits per heavy atom. The number of piperazine rings is 1. The Hall–Kier alpha value is -2.89. The van der Waals surface area contributed by atoms with Gasteiger partial charge in [0, 0.05) is 43.6 Å². The second kappa shape index (κ2) is 8.20. The van der Waals surface area contributed by atoms with Gasteiger partial charge in [0.25, 0.3) is 5.91 Å². The largest absolute Gasteiger partial charge is 0.353 e. The summed E-state index contributed by atoms with van der Waals surface area (Å²) in [5.41, 5.74) is 3.64. The van der Waals surface area contributed by atoms with Gasteiger partial charge in [-0.2, -0.15) is 0 Å². The Balaban J connectivity index is 1.78. The molecular formula is C21H26N4O2. The molecule has 142 valence electrons. The number of carbonyl (C=O) groups excluding carboxylic acids is 2. The summed E-state index contributed by atoms with van der Waals surface area (Å²) >= 11 is 0. The fourth-order valence-corrected chi connectivity index (χ4v) is 3.32. The van der Waals surface area contributed by atoms with Crippen LogP contribution in [0.25, 0.3) is 0 Å². The number of carbonyl (C=O) groups is 2. The Kier molecular flexibility index (Phi) is 5.74. The fraction of sp³-hybridized carbons (Fsp3) is 0.381. The number of rotatable bonds is 5. The lowest BCUT2D eigenvalue weighted by molar-refractivity contribution is -0.118. The first-order chi connectivity index (χ1) is 13.0. The number of amides is 2. The molecule has 0 unspecified atom stereocenters. The van der Waals surface area contributed by atoms with E-state index in [1.165, 1.54) is 0 Å². The zero-order valence-corrected chi connectivity index (χ0v) is 16.1. The second-order valence-electron chi connectivity index (χ2n) is 7.18. The van der Waals surface area contributed by atoms with Crippen LogP contribution in [0.2, 0.25) is 0 Å². The minimum atomic E-state index is -0.138. The Bertz CT molecular complexity index is 827. The number of aryl methyl sites for hydroxylation is 1. The topological polar surface area (TPSA) is 65.5 Å². The zero-order valence-electron chi connectivity index (χ0n) is 16.1. The van der Waals surface area contributed by atoms with Crippen molar-refractivity contribution < 1.29 is 9.59 Å². The van der Waals surface area contributed by atoms with Gasteiger partial charge >= 0.3 is 0 Å². The maximum atomic E-state index is 12.9. The van der Waals surface area contributed by atoms with E-state index < -0.39 is 0 Å². The quantitative estimate of drug-likeness (QED) is 0.826. The minimum Gasteiger partial charge on any atom is -0.353 e. The maximum Gasteiger partial charge on any atom is 0.255 e. The molecule has 0 aliphatic carbocycles. The molecule has 27 heavy (non-hydrogen) atoms. The van der Waals surface area contributed by atoms with Gasteiger partial charge in [0.05, 0.1) is 0 Å². The molecule has 1 aliphatic rings. The zero-order chi connectivity index (χ0) is 19.4. The number of para-hydroxylation sites is 1. The molecule has 0 bridgehead atoms. The van der Waals surface area contributed by atoms with Gasteiger partial charge in [-0.05, 0) is 36.1 Å². The monoisotopic (exact) mass is 366 g/mol. The molecule has 3 rings (SSSR count). The van der Waals surface area contributed by atoms with Crippen molar-refractivity contribution in [1.29, 1.82) is 0 Å². The van der Waals surface area contributed by atoms with Gasteiger partial charge in [-0.25, -0.2) is 4.98 Å². The second-order valence-corrected chi connectivity index (χ2v) is 7.18. The predicted molar refractivity (Wildman–Crippen MR) is 107 cm³/mol. The normalized spacial score (nSPS) is 14.4. The molecule has 1 aromatic carbocycles. The molecule has 6 nitrogen and oxygen atoms in total. The molecule has 1 saturated heterocycles. The third-order valence-corrected chi connectivity index (χ3v) is 4.96. The van der Waals surface area contributed by atoms with Crippen LogP contribution in [0.5, 0.6) is 0 Å². The van der Waals surface area contributed by atoms with Crippen LogP contribution in [0, 0.1) is 6.92 Å². The average Bonchev–Trinajstić information content (AvgIpc) is 2.69. The maximum absolute atomic E-state index is 12.9. The van der Waals surface area contributed by atoms with Crippen LogP contribution in [-0.2, 0) is 4.79 Å². The number of anilines is 2. The van der Waals surface area contributed by atoms with Crippen LogP contribution in [0.15, 0.2) is 36.5 Å². The van der Waals surface area contributed by atoms with E-state index in [1.54, 1.807) is 17.2 Å². The van der Waals surface area contributed by atoms with Crippen molar-refractivity contribution in [3.8, 4) is 0 Å². The Labute approximate surface area is 160 Å². The molecule has 1 aromatic heterocycles. The number of nitrogens with one attached hydrogen (secondary N) is 1. The highest BCUT2D eigenvalue weighted by atomic mass is 16.1. The molecule has 0 atom stereocenters. The Morgan fingerprint density at radius 3 is 2.59 bits per heavy atom. The molecule has 2 aromatic rings. The van der Waals surface area contributed by atoms with Crippen molar-refractivity contribution in [1.82, 2.24) is 9.88 Å². The number of aromatic nitrogens is 1. The van der Waals surface area contributed by atoms with Crippen molar-refractivity contribution in [2.24, 2.45) is 0 Å². The summed E-state index contributed by atoms with van der Waals surface area (Å²) in [6.07, 6.45) is 2.54. The number of nitrogens with zero attached hydrogens (tertiary/aromatic N) is 3. The summed E-state index contributed by atoms with van der Waals surface area (Å²) in [5.74, 6) is 0.950. The van der Waals surface area contributed by atoms with Crippen LogP contribution < -0.4 is 10.2 Å². The van der Waals surface area contributed by atoms with Gasteiger partial charge in [0.1, 0.15) is 5.82 Å². The van der Waals surface area contributed by atoms with E-state index in [4.69, 9.17) is 0 Å². The van der Waals surface area contributed by atoms with E-state index >= 15 is 0 Å². The van der Waals surface area contributed by atoms with Gasteiger partial charge in [0.2, 0.25) is 6.41 Å². The van der Waals surface area contributed by atoms with E-state index in [0.29, 0.717) is 37.7 Å². The molecule has 2 amide bonds. The van der Waals surface area contributed by atoms with Gasteiger partial charge in [-0.3, -0.25) is 9.59 Å². The lowest BCUT2D eigenvalue weighted by Crippen LogP contribution is -2.46. The van der Waals surface area contributed by atoms with E-state index in [1.807, 2.05) is 25.1 Å². The number of hydrogen-bond acceptors (Lipinski definition) is 4. The van der Waals surface area contributed by atoms with Crippen molar-refractivity contribution >= 4 is 23.8 Å². The highest BCUT2D eigenvalue weighted by molar-refractivity contribution is 6.05. The first kappa shape index (κ1) is 18.9. The van der Waals surface area contributed by atoms with Gasteiger partial charge in [0.15, 0.2) is 0 Å². The SMILES string of the molecule is Cc1cccc(C(C)C)c1NC(=O)c1ccnc(N2CCN(C=O)CC2)c1. The van der Waals surface area contributed by atoms with Gasteiger partial charge in [-0.15, -0.1) is 0 Å². The molecule has 2 heterocycles. The summed E-state index contributed by atoms with van der Waals surface area (Å²) in [6.45, 7) is 9.01. The van der Waals surface area contributed by atoms with E-state index in [-0.39, 0.29) is 5.91 Å². The first-order valence-electron chi connectivity index (χ1n) is 9.31. The summed E-state index contributed by atoms with van der Waals surface area (Å²) in [5, 5.41) is 3.08. The van der Waals surface area contributed by atoms with Crippen molar-refractivity contribution in [3.05, 3.63) is 53.2 Å².